The summed E-state index contributed by atoms with van der Waals surface area (Å²) in [5.74, 6) is -0.665. The monoisotopic (exact) mass is 241 g/mol. The minimum absolute atomic E-state index is 0.0552. The molecule has 0 unspecified atom stereocenters. The summed E-state index contributed by atoms with van der Waals surface area (Å²) in [5.41, 5.74) is -3.16. The van der Waals surface area contributed by atoms with Crippen molar-refractivity contribution in [3.8, 4) is 6.07 Å². The first-order valence-electron chi connectivity index (χ1n) is 4.43. The third-order valence-corrected chi connectivity index (χ3v) is 2.15. The molecule has 0 atom stereocenters. The van der Waals surface area contributed by atoms with Crippen molar-refractivity contribution >= 4 is 12.1 Å². The molecule has 0 N–H and O–H groups in total. The zero-order valence-electron chi connectivity index (χ0n) is 8.63. The third-order valence-electron chi connectivity index (χ3n) is 2.15. The second kappa shape index (κ2) is 4.37. The molecule has 0 heterocycles. The van der Waals surface area contributed by atoms with Crippen LogP contribution < -0.4 is 0 Å². The summed E-state index contributed by atoms with van der Waals surface area (Å²) < 4.78 is 38.1. The van der Waals surface area contributed by atoms with E-state index in [4.69, 9.17) is 5.26 Å². The summed E-state index contributed by atoms with van der Waals surface area (Å²) in [6.45, 7) is 1.05. The Hall–Kier alpha value is -2.16. The summed E-state index contributed by atoms with van der Waals surface area (Å²) in [6.07, 6.45) is -4.91. The van der Waals surface area contributed by atoms with Crippen LogP contribution in [0.25, 0.3) is 0 Å². The van der Waals surface area contributed by atoms with Gasteiger partial charge in [-0.15, -0.1) is 0 Å². The van der Waals surface area contributed by atoms with Gasteiger partial charge in [-0.1, -0.05) is 0 Å². The van der Waals surface area contributed by atoms with Gasteiger partial charge in [-0.3, -0.25) is 9.59 Å². The molecule has 1 aromatic rings. The van der Waals surface area contributed by atoms with Gasteiger partial charge in [0.05, 0.1) is 17.2 Å². The van der Waals surface area contributed by atoms with E-state index in [1.807, 2.05) is 0 Å². The summed E-state index contributed by atoms with van der Waals surface area (Å²) in [7, 11) is 0. The van der Waals surface area contributed by atoms with Crippen LogP contribution >= 0.6 is 0 Å². The van der Waals surface area contributed by atoms with Gasteiger partial charge in [-0.2, -0.15) is 18.4 Å². The van der Waals surface area contributed by atoms with Crippen molar-refractivity contribution in [2.45, 2.75) is 13.1 Å². The number of nitriles is 1. The number of halogens is 3. The van der Waals surface area contributed by atoms with Crippen LogP contribution in [0.15, 0.2) is 12.1 Å². The largest absolute Gasteiger partial charge is 0.418 e. The van der Waals surface area contributed by atoms with E-state index < -0.39 is 28.6 Å². The number of carbonyl (C=O) groups is 2. The molecule has 1 aromatic carbocycles. The number of hydrogen-bond donors (Lipinski definition) is 0. The highest BCUT2D eigenvalue weighted by Gasteiger charge is 2.37. The number of nitrogens with zero attached hydrogens (tertiary/aromatic N) is 1. The fourth-order valence-electron chi connectivity index (χ4n) is 1.45. The number of benzene rings is 1. The molecule has 0 aliphatic rings. The lowest BCUT2D eigenvalue weighted by Gasteiger charge is -2.13. The highest BCUT2D eigenvalue weighted by molar-refractivity contribution is 6.02. The molecule has 6 heteroatoms. The molecule has 17 heavy (non-hydrogen) atoms. The van der Waals surface area contributed by atoms with Crippen LogP contribution in [0.4, 0.5) is 13.2 Å². The SMILES string of the molecule is CC(=O)c1ccc(C#N)c(C(F)(F)F)c1C=O. The Balaban J connectivity index is 3.75. The molecule has 0 fully saturated rings. The lowest BCUT2D eigenvalue weighted by Crippen LogP contribution is -2.15. The van der Waals surface area contributed by atoms with E-state index in [1.165, 1.54) is 6.07 Å². The lowest BCUT2D eigenvalue weighted by molar-refractivity contribution is -0.138. The molecule has 1 rings (SSSR count). The van der Waals surface area contributed by atoms with Crippen LogP contribution in [0.5, 0.6) is 0 Å². The maximum Gasteiger partial charge on any atom is 0.418 e. The molecular weight excluding hydrogens is 235 g/mol. The van der Waals surface area contributed by atoms with Gasteiger partial charge in [-0.05, 0) is 19.1 Å². The molecule has 88 valence electrons. The molecule has 0 saturated heterocycles. The average Bonchev–Trinajstić information content (AvgIpc) is 2.25. The normalized spacial score (nSPS) is 10.8. The molecule has 0 saturated carbocycles. The van der Waals surface area contributed by atoms with Gasteiger partial charge >= 0.3 is 6.18 Å². The Morgan fingerprint density at radius 1 is 1.41 bits per heavy atom. The van der Waals surface area contributed by atoms with E-state index in [-0.39, 0.29) is 11.8 Å². The molecular formula is C11H6F3NO2. The molecule has 3 nitrogen and oxygen atoms in total. The topological polar surface area (TPSA) is 57.9 Å². The van der Waals surface area contributed by atoms with Crippen LogP contribution in [-0.4, -0.2) is 12.1 Å². The lowest BCUT2D eigenvalue weighted by atomic mass is 9.95. The van der Waals surface area contributed by atoms with E-state index in [2.05, 4.69) is 0 Å². The number of aldehydes is 1. The van der Waals surface area contributed by atoms with Crippen molar-refractivity contribution in [3.05, 3.63) is 34.4 Å². The van der Waals surface area contributed by atoms with Gasteiger partial charge < -0.3 is 0 Å². The minimum atomic E-state index is -4.85. The molecule has 0 amide bonds. The first-order chi connectivity index (χ1) is 7.82. The summed E-state index contributed by atoms with van der Waals surface area (Å²) >= 11 is 0. The molecule has 0 aromatic heterocycles. The van der Waals surface area contributed by atoms with Crippen molar-refractivity contribution in [1.29, 1.82) is 5.26 Å². The maximum atomic E-state index is 12.7. The van der Waals surface area contributed by atoms with Gasteiger partial charge in [0, 0.05) is 11.1 Å². The van der Waals surface area contributed by atoms with Crippen molar-refractivity contribution in [3.63, 3.8) is 0 Å². The fourth-order valence-corrected chi connectivity index (χ4v) is 1.45. The van der Waals surface area contributed by atoms with E-state index in [9.17, 15) is 22.8 Å². The summed E-state index contributed by atoms with van der Waals surface area (Å²) in [6, 6.07) is 3.28. The first kappa shape index (κ1) is 12.9. The van der Waals surface area contributed by atoms with E-state index in [1.54, 1.807) is 0 Å². The second-order valence-corrected chi connectivity index (χ2v) is 3.23. The predicted molar refractivity (Wildman–Crippen MR) is 51.6 cm³/mol. The standard InChI is InChI=1S/C11H6F3NO2/c1-6(17)8-3-2-7(4-15)10(9(8)5-16)11(12,13)14/h2-3,5H,1H3. The second-order valence-electron chi connectivity index (χ2n) is 3.23. The van der Waals surface area contributed by atoms with Crippen LogP contribution in [0.3, 0.4) is 0 Å². The zero-order valence-corrected chi connectivity index (χ0v) is 8.63. The van der Waals surface area contributed by atoms with Crippen molar-refractivity contribution in [2.75, 3.05) is 0 Å². The van der Waals surface area contributed by atoms with Crippen molar-refractivity contribution in [1.82, 2.24) is 0 Å². The van der Waals surface area contributed by atoms with E-state index in [0.717, 1.165) is 19.1 Å². The van der Waals surface area contributed by atoms with Gasteiger partial charge in [0.25, 0.3) is 0 Å². The van der Waals surface area contributed by atoms with Gasteiger partial charge in [0.1, 0.15) is 0 Å². The number of hydrogen-bond acceptors (Lipinski definition) is 3. The Labute approximate surface area is 94.5 Å². The van der Waals surface area contributed by atoms with Crippen molar-refractivity contribution in [2.24, 2.45) is 0 Å². The fraction of sp³-hybridized carbons (Fsp3) is 0.182. The number of alkyl halides is 3. The highest BCUT2D eigenvalue weighted by atomic mass is 19.4. The predicted octanol–water partition coefficient (Wildman–Crippen LogP) is 2.59. The molecule has 0 aliphatic heterocycles. The average molecular weight is 241 g/mol. The Kier molecular flexibility index (Phi) is 3.32. The molecule has 0 bridgehead atoms. The maximum absolute atomic E-state index is 12.7. The first-order valence-corrected chi connectivity index (χ1v) is 4.43. The Morgan fingerprint density at radius 3 is 2.35 bits per heavy atom. The van der Waals surface area contributed by atoms with Crippen LogP contribution in [0, 0.1) is 11.3 Å². The quantitative estimate of drug-likeness (QED) is 0.590. The Morgan fingerprint density at radius 2 is 2.00 bits per heavy atom. The minimum Gasteiger partial charge on any atom is -0.298 e. The highest BCUT2D eigenvalue weighted by Crippen LogP contribution is 2.35. The molecule has 0 radical (unpaired) electrons. The summed E-state index contributed by atoms with van der Waals surface area (Å²) in [4.78, 5) is 21.8. The van der Waals surface area contributed by atoms with Gasteiger partial charge in [0.2, 0.25) is 0 Å². The Bertz CT molecular complexity index is 527. The van der Waals surface area contributed by atoms with Gasteiger partial charge in [-0.25, -0.2) is 0 Å². The number of Topliss-reactive ketones (excluding diaryl/α,β-unsaturated/α-hetero) is 1. The van der Waals surface area contributed by atoms with Crippen molar-refractivity contribution < 1.29 is 22.8 Å². The molecule has 0 spiro atoms. The third kappa shape index (κ3) is 2.33. The number of rotatable bonds is 2. The van der Waals surface area contributed by atoms with Crippen LogP contribution in [0.1, 0.15) is 38.8 Å². The van der Waals surface area contributed by atoms with E-state index in [0.29, 0.717) is 0 Å². The number of ketones is 1. The molecule has 0 aliphatic carbocycles. The smallest absolute Gasteiger partial charge is 0.298 e. The van der Waals surface area contributed by atoms with Gasteiger partial charge in [0.15, 0.2) is 12.1 Å². The van der Waals surface area contributed by atoms with Crippen LogP contribution in [-0.2, 0) is 6.18 Å². The zero-order chi connectivity index (χ0) is 13.2. The van der Waals surface area contributed by atoms with E-state index >= 15 is 0 Å². The summed E-state index contributed by atoms with van der Waals surface area (Å²) in [5, 5.41) is 8.58. The number of carbonyl (C=O) groups excluding carboxylic acids is 2. The van der Waals surface area contributed by atoms with Crippen LogP contribution in [0.2, 0.25) is 0 Å².